The van der Waals surface area contributed by atoms with E-state index in [1.54, 1.807) is 13.2 Å². The second-order valence-corrected chi connectivity index (χ2v) is 6.25. The Kier molecular flexibility index (Phi) is 5.21. The molecule has 0 aliphatic rings. The van der Waals surface area contributed by atoms with E-state index in [9.17, 15) is 4.79 Å². The van der Waals surface area contributed by atoms with Crippen LogP contribution in [0.4, 0.5) is 0 Å². The van der Waals surface area contributed by atoms with Crippen molar-refractivity contribution in [2.45, 2.75) is 39.3 Å². The molecule has 0 saturated heterocycles. The van der Waals surface area contributed by atoms with Gasteiger partial charge in [0, 0.05) is 17.1 Å². The first kappa shape index (κ1) is 17.2. The number of hydrogen-bond donors (Lipinski definition) is 1. The van der Waals surface area contributed by atoms with E-state index in [1.165, 1.54) is 0 Å². The summed E-state index contributed by atoms with van der Waals surface area (Å²) in [6.45, 7) is 8.02. The number of carbonyl (C=O) groups excluding carboxylic acids is 1. The van der Waals surface area contributed by atoms with Crippen LogP contribution in [-0.2, 0) is 9.53 Å². The number of rotatable bonds is 5. The highest BCUT2D eigenvalue weighted by atomic mass is 16.6. The van der Waals surface area contributed by atoms with Crippen molar-refractivity contribution in [2.75, 3.05) is 13.7 Å². The summed E-state index contributed by atoms with van der Waals surface area (Å²) in [5, 5.41) is 4.84. The molecule has 2 rings (SSSR count). The van der Waals surface area contributed by atoms with Crippen molar-refractivity contribution in [1.29, 1.82) is 0 Å². The molecule has 1 N–H and O–H groups in total. The number of aromatic nitrogens is 1. The quantitative estimate of drug-likeness (QED) is 0.858. The van der Waals surface area contributed by atoms with Gasteiger partial charge in [-0.3, -0.25) is 0 Å². The van der Waals surface area contributed by atoms with Crippen LogP contribution in [0.2, 0.25) is 0 Å². The van der Waals surface area contributed by atoms with Gasteiger partial charge in [-0.05, 0) is 46.2 Å². The lowest BCUT2D eigenvalue weighted by Gasteiger charge is -2.24. The van der Waals surface area contributed by atoms with Crippen molar-refractivity contribution in [2.24, 2.45) is 0 Å². The van der Waals surface area contributed by atoms with E-state index in [0.717, 1.165) is 16.3 Å². The van der Waals surface area contributed by atoms with Gasteiger partial charge in [-0.25, -0.2) is 9.78 Å². The van der Waals surface area contributed by atoms with Crippen LogP contribution in [0.15, 0.2) is 30.5 Å². The van der Waals surface area contributed by atoms with E-state index in [2.05, 4.69) is 10.3 Å². The first-order valence-corrected chi connectivity index (χ1v) is 7.78. The molecule has 0 aliphatic carbocycles. The molecule has 1 heterocycles. The number of likely N-dealkylation sites (N-methyl/N-ethyl adjacent to an activating group) is 1. The summed E-state index contributed by atoms with van der Waals surface area (Å²) in [4.78, 5) is 16.9. The minimum Gasteiger partial charge on any atom is -0.478 e. The van der Waals surface area contributed by atoms with Gasteiger partial charge in [-0.15, -0.1) is 0 Å². The average molecular weight is 316 g/mol. The standard InChI is InChI=1S/C18H24N2O3/c1-6-22-16-13-10-8-7-9-12(13)14(11-20-16)15(19-5)17(21)23-18(2,3)4/h7-11,15,19H,6H2,1-5H3. The molecule has 0 amide bonds. The van der Waals surface area contributed by atoms with E-state index in [1.807, 2.05) is 52.0 Å². The lowest BCUT2D eigenvalue weighted by atomic mass is 10.0. The van der Waals surface area contributed by atoms with Gasteiger partial charge < -0.3 is 14.8 Å². The van der Waals surface area contributed by atoms with E-state index in [-0.39, 0.29) is 5.97 Å². The predicted molar refractivity (Wildman–Crippen MR) is 90.6 cm³/mol. The molecule has 0 spiro atoms. The summed E-state index contributed by atoms with van der Waals surface area (Å²) in [5.41, 5.74) is 0.238. The third-order valence-electron chi connectivity index (χ3n) is 3.31. The fourth-order valence-electron chi connectivity index (χ4n) is 2.43. The molecule has 0 fully saturated rings. The fourth-order valence-corrected chi connectivity index (χ4v) is 2.43. The molecule has 1 unspecified atom stereocenters. The zero-order valence-corrected chi connectivity index (χ0v) is 14.3. The molecule has 2 aromatic rings. The maximum atomic E-state index is 12.5. The third-order valence-corrected chi connectivity index (χ3v) is 3.31. The van der Waals surface area contributed by atoms with Gasteiger partial charge in [0.05, 0.1) is 6.61 Å². The first-order valence-electron chi connectivity index (χ1n) is 7.78. The maximum Gasteiger partial charge on any atom is 0.328 e. The van der Waals surface area contributed by atoms with Gasteiger partial charge in [0.2, 0.25) is 5.88 Å². The second kappa shape index (κ2) is 6.96. The summed E-state index contributed by atoms with van der Waals surface area (Å²) < 4.78 is 11.1. The Labute approximate surface area is 137 Å². The Balaban J connectivity index is 2.49. The van der Waals surface area contributed by atoms with Crippen molar-refractivity contribution in [3.63, 3.8) is 0 Å². The van der Waals surface area contributed by atoms with E-state index < -0.39 is 11.6 Å². The molecule has 1 aromatic heterocycles. The molecule has 23 heavy (non-hydrogen) atoms. The van der Waals surface area contributed by atoms with E-state index in [4.69, 9.17) is 9.47 Å². The molecule has 5 heteroatoms. The smallest absolute Gasteiger partial charge is 0.328 e. The van der Waals surface area contributed by atoms with Gasteiger partial charge >= 0.3 is 5.97 Å². The number of pyridine rings is 1. The molecule has 0 bridgehead atoms. The Hall–Kier alpha value is -2.14. The molecule has 0 saturated carbocycles. The average Bonchev–Trinajstić information content (AvgIpc) is 2.48. The molecule has 1 atom stereocenters. The number of nitrogens with zero attached hydrogens (tertiary/aromatic N) is 1. The van der Waals surface area contributed by atoms with Crippen LogP contribution in [-0.4, -0.2) is 30.2 Å². The van der Waals surface area contributed by atoms with Crippen LogP contribution >= 0.6 is 0 Å². The van der Waals surface area contributed by atoms with Crippen LogP contribution in [0.25, 0.3) is 10.8 Å². The van der Waals surface area contributed by atoms with Crippen molar-refractivity contribution in [3.05, 3.63) is 36.0 Å². The molecule has 1 aromatic carbocycles. The van der Waals surface area contributed by atoms with Gasteiger partial charge in [-0.2, -0.15) is 0 Å². The molecular weight excluding hydrogens is 292 g/mol. The van der Waals surface area contributed by atoms with Gasteiger partial charge in [-0.1, -0.05) is 18.2 Å². The number of nitrogens with one attached hydrogen (secondary N) is 1. The molecule has 0 radical (unpaired) electrons. The summed E-state index contributed by atoms with van der Waals surface area (Å²) in [5.74, 6) is 0.252. The summed E-state index contributed by atoms with van der Waals surface area (Å²) >= 11 is 0. The summed E-state index contributed by atoms with van der Waals surface area (Å²) in [6, 6.07) is 7.19. The number of ether oxygens (including phenoxy) is 2. The molecular formula is C18H24N2O3. The highest BCUT2D eigenvalue weighted by Crippen LogP contribution is 2.30. The van der Waals surface area contributed by atoms with Crippen LogP contribution in [0, 0.1) is 0 Å². The number of carbonyl (C=O) groups is 1. The lowest BCUT2D eigenvalue weighted by Crippen LogP contribution is -2.33. The molecule has 124 valence electrons. The van der Waals surface area contributed by atoms with Crippen LogP contribution in [0.1, 0.15) is 39.3 Å². The SMILES string of the molecule is CCOc1ncc(C(NC)C(=O)OC(C)(C)C)c2ccccc12. The zero-order valence-electron chi connectivity index (χ0n) is 14.3. The molecule has 5 nitrogen and oxygen atoms in total. The number of hydrogen-bond acceptors (Lipinski definition) is 5. The lowest BCUT2D eigenvalue weighted by molar-refractivity contribution is -0.157. The summed E-state index contributed by atoms with van der Waals surface area (Å²) in [7, 11) is 1.74. The van der Waals surface area contributed by atoms with Gasteiger partial charge in [0.25, 0.3) is 0 Å². The first-order chi connectivity index (χ1) is 10.9. The predicted octanol–water partition coefficient (Wildman–Crippen LogP) is 3.24. The summed E-state index contributed by atoms with van der Waals surface area (Å²) in [6.07, 6.45) is 1.68. The Bertz CT molecular complexity index is 692. The van der Waals surface area contributed by atoms with E-state index in [0.29, 0.717) is 12.5 Å². The van der Waals surface area contributed by atoms with Crippen molar-refractivity contribution >= 4 is 16.7 Å². The zero-order chi connectivity index (χ0) is 17.0. The number of fused-ring (bicyclic) bond motifs is 1. The normalized spacial score (nSPS) is 12.9. The largest absolute Gasteiger partial charge is 0.478 e. The highest BCUT2D eigenvalue weighted by molar-refractivity contribution is 5.93. The van der Waals surface area contributed by atoms with E-state index >= 15 is 0 Å². The fraction of sp³-hybridized carbons (Fsp3) is 0.444. The van der Waals surface area contributed by atoms with Gasteiger partial charge in [0.1, 0.15) is 11.6 Å². The highest BCUT2D eigenvalue weighted by Gasteiger charge is 2.27. The number of benzene rings is 1. The number of esters is 1. The minimum atomic E-state index is -0.581. The Morgan fingerprint density at radius 2 is 1.91 bits per heavy atom. The van der Waals surface area contributed by atoms with Crippen LogP contribution in [0.3, 0.4) is 0 Å². The molecule has 0 aliphatic heterocycles. The van der Waals surface area contributed by atoms with Crippen LogP contribution in [0.5, 0.6) is 5.88 Å². The van der Waals surface area contributed by atoms with Crippen molar-refractivity contribution in [3.8, 4) is 5.88 Å². The Morgan fingerprint density at radius 1 is 1.26 bits per heavy atom. The Morgan fingerprint density at radius 3 is 2.48 bits per heavy atom. The minimum absolute atomic E-state index is 0.323. The topological polar surface area (TPSA) is 60.5 Å². The maximum absolute atomic E-state index is 12.5. The second-order valence-electron chi connectivity index (χ2n) is 6.25. The monoisotopic (exact) mass is 316 g/mol. The van der Waals surface area contributed by atoms with Crippen molar-refractivity contribution < 1.29 is 14.3 Å². The van der Waals surface area contributed by atoms with Gasteiger partial charge in [0.15, 0.2) is 0 Å². The van der Waals surface area contributed by atoms with Crippen molar-refractivity contribution in [1.82, 2.24) is 10.3 Å². The third kappa shape index (κ3) is 3.99. The van der Waals surface area contributed by atoms with Crippen LogP contribution < -0.4 is 10.1 Å².